The average Bonchev–Trinajstić information content (AvgIpc) is 3.35. The largest absolute Gasteiger partial charge is 0.462 e. The van der Waals surface area contributed by atoms with Crippen LogP contribution in [0.2, 0.25) is 0 Å². The summed E-state index contributed by atoms with van der Waals surface area (Å²) in [5.74, 6) is -1.04. The van der Waals surface area contributed by atoms with Crippen LogP contribution in [-0.2, 0) is 28.6 Å². The van der Waals surface area contributed by atoms with Gasteiger partial charge in [-0.05, 0) is 109 Å². The lowest BCUT2D eigenvalue weighted by atomic mass is 10.1. The lowest BCUT2D eigenvalue weighted by molar-refractivity contribution is -0.167. The van der Waals surface area contributed by atoms with E-state index in [1.807, 2.05) is 54.7 Å². The first kappa shape index (κ1) is 64.0. The molecule has 0 aromatic heterocycles. The third kappa shape index (κ3) is 53.8. The Morgan fingerprint density at radius 2 is 0.609 bits per heavy atom. The SMILES string of the molecule is CC/C=C/C=C/C=C/C=C/C=C/CCCC(=O)OCC(COC(=O)CCCCCCCC/C=C/C/C=C/C/C=C/C/C=C/CC)OC(=O)CCCCCCCC/C=C/C/C=C/C/C=C/C/C=C/CC. The van der Waals surface area contributed by atoms with Gasteiger partial charge in [0.05, 0.1) is 0 Å². The molecule has 1 unspecified atom stereocenters. The van der Waals surface area contributed by atoms with Crippen molar-refractivity contribution in [3.63, 3.8) is 0 Å². The minimum absolute atomic E-state index is 0.122. The number of carbonyl (C=O) groups is 3. The summed E-state index contributed by atoms with van der Waals surface area (Å²) in [4.78, 5) is 38.1. The Kier molecular flexibility index (Phi) is 51.6. The molecule has 0 amide bonds. The molecule has 0 N–H and O–H groups in total. The van der Waals surface area contributed by atoms with Crippen molar-refractivity contribution in [1.29, 1.82) is 0 Å². The van der Waals surface area contributed by atoms with E-state index in [1.54, 1.807) is 0 Å². The second-order valence-corrected chi connectivity index (χ2v) is 17.1. The molecule has 0 heterocycles. The molecule has 0 aliphatic carbocycles. The van der Waals surface area contributed by atoms with Crippen molar-refractivity contribution in [2.45, 2.75) is 207 Å². The zero-order valence-electron chi connectivity index (χ0n) is 43.8. The van der Waals surface area contributed by atoms with Crippen molar-refractivity contribution in [2.24, 2.45) is 0 Å². The molecule has 384 valence electrons. The molecular formula is C63H96O6. The molecule has 0 saturated heterocycles. The van der Waals surface area contributed by atoms with Crippen LogP contribution in [0.4, 0.5) is 0 Å². The molecule has 0 aromatic carbocycles. The lowest BCUT2D eigenvalue weighted by Gasteiger charge is -2.18. The van der Waals surface area contributed by atoms with Gasteiger partial charge in [0.25, 0.3) is 0 Å². The first-order valence-corrected chi connectivity index (χ1v) is 27.1. The van der Waals surface area contributed by atoms with Crippen molar-refractivity contribution >= 4 is 17.9 Å². The summed E-state index contributed by atoms with van der Waals surface area (Å²) in [7, 11) is 0. The smallest absolute Gasteiger partial charge is 0.306 e. The van der Waals surface area contributed by atoms with Crippen LogP contribution in [0, 0.1) is 0 Å². The highest BCUT2D eigenvalue weighted by Crippen LogP contribution is 2.13. The van der Waals surface area contributed by atoms with Gasteiger partial charge in [0, 0.05) is 19.3 Å². The fraction of sp³-hybridized carbons (Fsp3) is 0.540. The number of unbranched alkanes of at least 4 members (excludes halogenated alkanes) is 13. The molecule has 0 saturated carbocycles. The van der Waals surface area contributed by atoms with E-state index in [-0.39, 0.29) is 44.0 Å². The Morgan fingerprint density at radius 3 is 1.03 bits per heavy atom. The van der Waals surface area contributed by atoms with Gasteiger partial charge in [0.2, 0.25) is 0 Å². The first-order valence-electron chi connectivity index (χ1n) is 27.1. The number of hydrogen-bond acceptors (Lipinski definition) is 6. The summed E-state index contributed by atoms with van der Waals surface area (Å²) >= 11 is 0. The predicted octanol–water partition coefficient (Wildman–Crippen LogP) is 18.2. The zero-order chi connectivity index (χ0) is 50.0. The summed E-state index contributed by atoms with van der Waals surface area (Å²) < 4.78 is 16.7. The second-order valence-electron chi connectivity index (χ2n) is 17.1. The van der Waals surface area contributed by atoms with Crippen molar-refractivity contribution in [1.82, 2.24) is 0 Å². The number of allylic oxidation sites excluding steroid dienone is 26. The Labute approximate surface area is 422 Å². The fourth-order valence-corrected chi connectivity index (χ4v) is 6.69. The maximum Gasteiger partial charge on any atom is 0.306 e. The number of rotatable bonds is 46. The molecule has 0 rings (SSSR count). The molecule has 0 fully saturated rings. The molecule has 6 nitrogen and oxygen atoms in total. The summed E-state index contributed by atoms with van der Waals surface area (Å²) in [6.45, 7) is 6.16. The van der Waals surface area contributed by atoms with Gasteiger partial charge in [-0.25, -0.2) is 0 Å². The van der Waals surface area contributed by atoms with Crippen molar-refractivity contribution in [3.8, 4) is 0 Å². The van der Waals surface area contributed by atoms with E-state index in [0.29, 0.717) is 12.8 Å². The predicted molar refractivity (Wildman–Crippen MR) is 297 cm³/mol. The van der Waals surface area contributed by atoms with Gasteiger partial charge in [-0.2, -0.15) is 0 Å². The molecule has 0 spiro atoms. The Balaban J connectivity index is 4.54. The van der Waals surface area contributed by atoms with Crippen molar-refractivity contribution < 1.29 is 28.6 Å². The Bertz CT molecular complexity index is 1610. The normalized spacial score (nSPS) is 13.4. The van der Waals surface area contributed by atoms with E-state index in [1.165, 1.54) is 25.7 Å². The molecule has 1 atom stereocenters. The Hall–Kier alpha value is -4.97. The van der Waals surface area contributed by atoms with Crippen LogP contribution in [0.15, 0.2) is 158 Å². The number of ether oxygens (including phenoxy) is 3. The fourth-order valence-electron chi connectivity index (χ4n) is 6.69. The van der Waals surface area contributed by atoms with E-state index in [9.17, 15) is 14.4 Å². The van der Waals surface area contributed by atoms with Gasteiger partial charge in [-0.15, -0.1) is 0 Å². The summed E-state index contributed by atoms with van der Waals surface area (Å²) in [5.41, 5.74) is 0. The number of carbonyl (C=O) groups excluding carboxylic acids is 3. The quantitative estimate of drug-likeness (QED) is 0.0199. The summed E-state index contributed by atoms with van der Waals surface area (Å²) in [5, 5.41) is 0. The highest BCUT2D eigenvalue weighted by atomic mass is 16.6. The molecule has 6 heteroatoms. The molecule has 0 bridgehead atoms. The van der Waals surface area contributed by atoms with Crippen molar-refractivity contribution in [2.75, 3.05) is 13.2 Å². The minimum atomic E-state index is -0.829. The zero-order valence-corrected chi connectivity index (χ0v) is 43.8. The van der Waals surface area contributed by atoms with Crippen LogP contribution in [0.5, 0.6) is 0 Å². The highest BCUT2D eigenvalue weighted by Gasteiger charge is 2.19. The van der Waals surface area contributed by atoms with Crippen molar-refractivity contribution in [3.05, 3.63) is 158 Å². The number of hydrogen-bond donors (Lipinski definition) is 0. The van der Waals surface area contributed by atoms with Crippen LogP contribution in [0.1, 0.15) is 201 Å². The van der Waals surface area contributed by atoms with E-state index < -0.39 is 6.10 Å². The molecule has 0 radical (unpaired) electrons. The molecule has 0 aliphatic heterocycles. The van der Waals surface area contributed by atoms with Gasteiger partial charge < -0.3 is 14.2 Å². The van der Waals surface area contributed by atoms with Crippen LogP contribution >= 0.6 is 0 Å². The van der Waals surface area contributed by atoms with Crippen LogP contribution in [0.3, 0.4) is 0 Å². The number of esters is 3. The van der Waals surface area contributed by atoms with Gasteiger partial charge in [0.15, 0.2) is 6.10 Å². The standard InChI is InChI=1S/C63H96O6/c1-4-7-10-13-16-19-22-25-27-29-31-33-35-38-41-44-47-50-53-56-62(65)68-59-60(58-67-61(64)55-52-49-46-43-40-37-24-21-18-15-12-9-6-3)69-63(66)57-54-51-48-45-42-39-36-34-32-30-28-26-23-20-17-14-11-8-5-2/h7-12,15-21,24-28,31-34,37,40,43,46,60H,4-6,13-14,22-23,29-30,35-36,38-39,41-42,44-45,47-59H2,1-3H3/b10-7+,11-8+,12-9+,18-15+,19-16+,20-17+,24-21+,27-25+,28-26+,33-31+,34-32+,40-37+,46-43+. The maximum atomic E-state index is 12.8. The summed E-state index contributed by atoms with van der Waals surface area (Å²) in [6.07, 6.45) is 80.9. The molecule has 0 aromatic rings. The molecule has 69 heavy (non-hydrogen) atoms. The minimum Gasteiger partial charge on any atom is -0.462 e. The van der Waals surface area contributed by atoms with E-state index in [0.717, 1.165) is 128 Å². The molecule has 0 aliphatic rings. The van der Waals surface area contributed by atoms with Gasteiger partial charge in [0.1, 0.15) is 13.2 Å². The van der Waals surface area contributed by atoms with Crippen LogP contribution in [0.25, 0.3) is 0 Å². The first-order chi connectivity index (χ1) is 34.0. The second kappa shape index (κ2) is 55.6. The third-order valence-electron chi connectivity index (χ3n) is 10.6. The topological polar surface area (TPSA) is 78.9 Å². The third-order valence-corrected chi connectivity index (χ3v) is 10.6. The van der Waals surface area contributed by atoms with Gasteiger partial charge in [-0.3, -0.25) is 14.4 Å². The van der Waals surface area contributed by atoms with E-state index >= 15 is 0 Å². The highest BCUT2D eigenvalue weighted by molar-refractivity contribution is 5.71. The average molecular weight is 949 g/mol. The Morgan fingerprint density at radius 1 is 0.304 bits per heavy atom. The van der Waals surface area contributed by atoms with E-state index in [2.05, 4.69) is 124 Å². The van der Waals surface area contributed by atoms with Gasteiger partial charge in [-0.1, -0.05) is 230 Å². The monoisotopic (exact) mass is 949 g/mol. The van der Waals surface area contributed by atoms with Crippen LogP contribution in [-0.4, -0.2) is 37.2 Å². The van der Waals surface area contributed by atoms with E-state index in [4.69, 9.17) is 14.2 Å². The maximum absolute atomic E-state index is 12.8. The summed E-state index contributed by atoms with van der Waals surface area (Å²) in [6, 6.07) is 0. The molecular weight excluding hydrogens is 853 g/mol. The van der Waals surface area contributed by atoms with Gasteiger partial charge >= 0.3 is 17.9 Å². The lowest BCUT2D eigenvalue weighted by Crippen LogP contribution is -2.30. The van der Waals surface area contributed by atoms with Crippen LogP contribution < -0.4 is 0 Å².